The number of likely N-dealkylation sites (tertiary alicyclic amines) is 1. The lowest BCUT2D eigenvalue weighted by atomic mass is 10.4. The van der Waals surface area contributed by atoms with E-state index >= 15 is 0 Å². The van der Waals surface area contributed by atoms with E-state index in [2.05, 4.69) is 0 Å². The summed E-state index contributed by atoms with van der Waals surface area (Å²) in [6, 6.07) is 0.0894. The van der Waals surface area contributed by atoms with Crippen molar-refractivity contribution in [2.24, 2.45) is 0 Å². The van der Waals surface area contributed by atoms with Crippen molar-refractivity contribution in [2.75, 3.05) is 19.6 Å². The average molecular weight is 212 g/mol. The largest absolute Gasteiger partial charge is 0.480 e. The van der Waals surface area contributed by atoms with E-state index in [4.69, 9.17) is 5.11 Å². The Morgan fingerprint density at radius 1 is 1.27 bits per heavy atom. The summed E-state index contributed by atoms with van der Waals surface area (Å²) in [7, 11) is 0. The molecule has 1 aliphatic heterocycles. The van der Waals surface area contributed by atoms with Crippen LogP contribution in [0.4, 0.5) is 4.79 Å². The summed E-state index contributed by atoms with van der Waals surface area (Å²) in [4.78, 5) is 25.9. The monoisotopic (exact) mass is 212 g/mol. The fourth-order valence-electron chi connectivity index (χ4n) is 1.97. The number of amides is 2. The van der Waals surface area contributed by atoms with Gasteiger partial charge in [-0.2, -0.15) is 0 Å². The van der Waals surface area contributed by atoms with Crippen molar-refractivity contribution in [3.63, 3.8) is 0 Å². The number of carboxylic acid groups (broad SMARTS) is 1. The van der Waals surface area contributed by atoms with Gasteiger partial charge >= 0.3 is 12.0 Å². The number of hydrogen-bond acceptors (Lipinski definition) is 2. The maximum absolute atomic E-state index is 12.0. The van der Waals surface area contributed by atoms with Gasteiger partial charge < -0.3 is 14.9 Å². The molecule has 2 fully saturated rings. The molecule has 0 aromatic carbocycles. The molecule has 2 rings (SSSR count). The highest BCUT2D eigenvalue weighted by molar-refractivity contribution is 5.81. The third-order valence-electron chi connectivity index (χ3n) is 2.92. The smallest absolute Gasteiger partial charge is 0.323 e. The minimum absolute atomic E-state index is 0.0857. The summed E-state index contributed by atoms with van der Waals surface area (Å²) in [5.41, 5.74) is 0. The second-order valence-electron chi connectivity index (χ2n) is 4.23. The van der Waals surface area contributed by atoms with Crippen LogP contribution in [0.15, 0.2) is 0 Å². The summed E-state index contributed by atoms with van der Waals surface area (Å²) < 4.78 is 0. The first-order valence-corrected chi connectivity index (χ1v) is 5.46. The molecule has 1 aliphatic carbocycles. The molecule has 0 bridgehead atoms. The molecule has 2 aliphatic rings. The van der Waals surface area contributed by atoms with Crippen molar-refractivity contribution in [3.05, 3.63) is 0 Å². The van der Waals surface area contributed by atoms with Gasteiger partial charge in [0.2, 0.25) is 0 Å². The molecule has 15 heavy (non-hydrogen) atoms. The van der Waals surface area contributed by atoms with E-state index in [1.165, 1.54) is 4.90 Å². The first-order valence-electron chi connectivity index (χ1n) is 5.46. The molecule has 0 aromatic heterocycles. The summed E-state index contributed by atoms with van der Waals surface area (Å²) in [6.07, 6.45) is 3.98. The van der Waals surface area contributed by atoms with Crippen LogP contribution in [0, 0.1) is 0 Å². The lowest BCUT2D eigenvalue weighted by Gasteiger charge is -2.26. The van der Waals surface area contributed by atoms with E-state index in [1.807, 2.05) is 0 Å². The van der Waals surface area contributed by atoms with E-state index in [0.29, 0.717) is 0 Å². The van der Waals surface area contributed by atoms with Crippen molar-refractivity contribution in [1.82, 2.24) is 9.80 Å². The Morgan fingerprint density at radius 3 is 2.33 bits per heavy atom. The molecule has 0 aromatic rings. The van der Waals surface area contributed by atoms with E-state index in [0.717, 1.165) is 38.8 Å². The van der Waals surface area contributed by atoms with Gasteiger partial charge in [0, 0.05) is 19.1 Å². The molecule has 1 saturated carbocycles. The van der Waals surface area contributed by atoms with Crippen LogP contribution < -0.4 is 0 Å². The van der Waals surface area contributed by atoms with Gasteiger partial charge in [0.15, 0.2) is 0 Å². The molecule has 1 heterocycles. The van der Waals surface area contributed by atoms with Crippen molar-refractivity contribution in [3.8, 4) is 0 Å². The lowest BCUT2D eigenvalue weighted by Crippen LogP contribution is -2.45. The van der Waals surface area contributed by atoms with Crippen molar-refractivity contribution < 1.29 is 14.7 Å². The number of hydrogen-bond donors (Lipinski definition) is 1. The normalized spacial score (nSPS) is 20.4. The summed E-state index contributed by atoms with van der Waals surface area (Å²) in [5.74, 6) is -0.922. The zero-order chi connectivity index (χ0) is 10.8. The highest BCUT2D eigenvalue weighted by Gasteiger charge is 2.36. The molecule has 0 radical (unpaired) electrons. The Kier molecular flexibility index (Phi) is 2.79. The van der Waals surface area contributed by atoms with Gasteiger partial charge in [0.1, 0.15) is 6.54 Å². The molecule has 0 unspecified atom stereocenters. The van der Waals surface area contributed by atoms with E-state index in [-0.39, 0.29) is 18.6 Å². The van der Waals surface area contributed by atoms with Crippen LogP contribution in [-0.2, 0) is 4.79 Å². The van der Waals surface area contributed by atoms with Crippen LogP contribution in [0.1, 0.15) is 25.7 Å². The van der Waals surface area contributed by atoms with E-state index in [1.54, 1.807) is 4.90 Å². The van der Waals surface area contributed by atoms with Gasteiger partial charge in [0.05, 0.1) is 0 Å². The number of carbonyl (C=O) groups excluding carboxylic acids is 1. The number of carbonyl (C=O) groups is 2. The fourth-order valence-corrected chi connectivity index (χ4v) is 1.97. The molecule has 0 spiro atoms. The second-order valence-corrected chi connectivity index (χ2v) is 4.23. The fraction of sp³-hybridized carbons (Fsp3) is 0.800. The van der Waals surface area contributed by atoms with Gasteiger partial charge in [-0.1, -0.05) is 0 Å². The molecule has 5 nitrogen and oxygen atoms in total. The first-order chi connectivity index (χ1) is 7.18. The standard InChI is InChI=1S/C10H16N2O3/c13-9(14)7-12(8-3-4-8)10(15)11-5-1-2-6-11/h8H,1-7H2,(H,13,14). The van der Waals surface area contributed by atoms with Gasteiger partial charge in [-0.15, -0.1) is 0 Å². The third kappa shape index (κ3) is 2.40. The SMILES string of the molecule is O=C(O)CN(C(=O)N1CCCC1)C1CC1. The lowest BCUT2D eigenvalue weighted by molar-refractivity contribution is -0.137. The zero-order valence-electron chi connectivity index (χ0n) is 8.69. The molecule has 5 heteroatoms. The summed E-state index contributed by atoms with van der Waals surface area (Å²) in [5, 5.41) is 8.74. The molecule has 1 saturated heterocycles. The number of aliphatic carboxylic acids is 1. The minimum Gasteiger partial charge on any atom is -0.480 e. The zero-order valence-corrected chi connectivity index (χ0v) is 8.69. The highest BCUT2D eigenvalue weighted by atomic mass is 16.4. The molecule has 1 N–H and O–H groups in total. The van der Waals surface area contributed by atoms with Crippen LogP contribution in [0.3, 0.4) is 0 Å². The number of urea groups is 1. The van der Waals surface area contributed by atoms with Crippen LogP contribution in [0.5, 0.6) is 0 Å². The average Bonchev–Trinajstić information content (AvgIpc) is 2.88. The topological polar surface area (TPSA) is 60.9 Å². The molecular formula is C10H16N2O3. The summed E-state index contributed by atoms with van der Waals surface area (Å²) in [6.45, 7) is 1.41. The Morgan fingerprint density at radius 2 is 1.87 bits per heavy atom. The maximum Gasteiger partial charge on any atom is 0.323 e. The Hall–Kier alpha value is -1.26. The van der Waals surface area contributed by atoms with Crippen molar-refractivity contribution >= 4 is 12.0 Å². The van der Waals surface area contributed by atoms with E-state index in [9.17, 15) is 9.59 Å². The molecule has 84 valence electrons. The van der Waals surface area contributed by atoms with Gasteiger partial charge in [-0.25, -0.2) is 4.79 Å². The predicted octanol–water partition coefficient (Wildman–Crippen LogP) is 0.751. The van der Waals surface area contributed by atoms with Gasteiger partial charge in [-0.3, -0.25) is 4.79 Å². The third-order valence-corrected chi connectivity index (χ3v) is 2.92. The van der Waals surface area contributed by atoms with E-state index < -0.39 is 5.97 Å². The molecule has 0 atom stereocenters. The first kappa shape index (κ1) is 10.3. The molecule has 2 amide bonds. The molecular weight excluding hydrogens is 196 g/mol. The van der Waals surface area contributed by atoms with Crippen molar-refractivity contribution in [2.45, 2.75) is 31.7 Å². The van der Waals surface area contributed by atoms with Gasteiger partial charge in [-0.05, 0) is 25.7 Å². The Labute approximate surface area is 88.6 Å². The van der Waals surface area contributed by atoms with Crippen LogP contribution >= 0.6 is 0 Å². The second kappa shape index (κ2) is 4.08. The maximum atomic E-state index is 12.0. The van der Waals surface area contributed by atoms with Crippen LogP contribution in [0.25, 0.3) is 0 Å². The predicted molar refractivity (Wildman–Crippen MR) is 53.6 cm³/mol. The van der Waals surface area contributed by atoms with Crippen LogP contribution in [0.2, 0.25) is 0 Å². The van der Waals surface area contributed by atoms with Gasteiger partial charge in [0.25, 0.3) is 0 Å². The summed E-state index contributed by atoms with van der Waals surface area (Å²) >= 11 is 0. The minimum atomic E-state index is -0.922. The van der Waals surface area contributed by atoms with Crippen molar-refractivity contribution in [1.29, 1.82) is 0 Å². The number of rotatable bonds is 3. The number of nitrogens with zero attached hydrogens (tertiary/aromatic N) is 2. The Balaban J connectivity index is 1.96. The number of carboxylic acids is 1. The highest BCUT2D eigenvalue weighted by Crippen LogP contribution is 2.28. The van der Waals surface area contributed by atoms with Crippen LogP contribution in [-0.4, -0.2) is 52.6 Å². The quantitative estimate of drug-likeness (QED) is 0.751. The Bertz CT molecular complexity index is 270.